The second-order valence-electron chi connectivity index (χ2n) is 5.38. The lowest BCUT2D eigenvalue weighted by atomic mass is 10.1. The molecule has 0 saturated carbocycles. The average molecular weight is 269 g/mol. The van der Waals surface area contributed by atoms with Crippen LogP contribution in [0.2, 0.25) is 0 Å². The molecule has 2 aromatic carbocycles. The lowest BCUT2D eigenvalue weighted by molar-refractivity contribution is 0.156. The van der Waals surface area contributed by atoms with Gasteiger partial charge in [0.25, 0.3) is 0 Å². The highest BCUT2D eigenvalue weighted by Crippen LogP contribution is 2.25. The van der Waals surface area contributed by atoms with Crippen molar-refractivity contribution in [3.63, 3.8) is 0 Å². The number of fused-ring (bicyclic) bond motifs is 1. The maximum Gasteiger partial charge on any atom is 0.124 e. The Kier molecular flexibility index (Phi) is 3.61. The van der Waals surface area contributed by atoms with E-state index in [1.807, 2.05) is 36.4 Å². The van der Waals surface area contributed by atoms with Crippen LogP contribution in [0, 0.1) is 0 Å². The zero-order chi connectivity index (χ0) is 13.9. The Bertz CT molecular complexity index is 597. The van der Waals surface area contributed by atoms with Gasteiger partial charge in [-0.1, -0.05) is 30.3 Å². The van der Waals surface area contributed by atoms with Crippen molar-refractivity contribution in [1.29, 1.82) is 0 Å². The molecule has 0 aliphatic carbocycles. The Hall–Kier alpha value is -2.00. The molecule has 0 bridgehead atoms. The first-order chi connectivity index (χ1) is 9.70. The molecule has 0 amide bonds. The monoisotopic (exact) mass is 269 g/mol. The Morgan fingerprint density at radius 2 is 2.05 bits per heavy atom. The Morgan fingerprint density at radius 3 is 2.90 bits per heavy atom. The molecule has 2 aromatic rings. The first-order valence-corrected chi connectivity index (χ1v) is 6.95. The number of phenols is 1. The number of rotatable bonds is 2. The summed E-state index contributed by atoms with van der Waals surface area (Å²) in [7, 11) is 0. The first kappa shape index (κ1) is 13.0. The number of phenolic OH excluding ortho intramolecular Hbond substituents is 1. The molecule has 3 rings (SSSR count). The summed E-state index contributed by atoms with van der Waals surface area (Å²) in [4.78, 5) is 2.35. The molecule has 3 heteroatoms. The van der Waals surface area contributed by atoms with Gasteiger partial charge in [0.05, 0.1) is 0 Å². The van der Waals surface area contributed by atoms with E-state index in [2.05, 4.69) is 17.9 Å². The molecular weight excluding hydrogens is 250 g/mol. The fourth-order valence-corrected chi connectivity index (χ4v) is 2.71. The number of hydrogen-bond acceptors (Lipinski definition) is 3. The summed E-state index contributed by atoms with van der Waals surface area (Å²) in [6.07, 6.45) is 0.163. The minimum atomic E-state index is 0.163. The van der Waals surface area contributed by atoms with Gasteiger partial charge < -0.3 is 9.84 Å². The lowest BCUT2D eigenvalue weighted by Gasteiger charge is -2.21. The Labute approximate surface area is 119 Å². The van der Waals surface area contributed by atoms with Crippen LogP contribution in [0.3, 0.4) is 0 Å². The van der Waals surface area contributed by atoms with E-state index in [1.54, 1.807) is 6.07 Å². The third-order valence-corrected chi connectivity index (χ3v) is 3.53. The fourth-order valence-electron chi connectivity index (χ4n) is 2.71. The van der Waals surface area contributed by atoms with Gasteiger partial charge in [0, 0.05) is 25.2 Å². The Morgan fingerprint density at radius 1 is 1.20 bits per heavy atom. The predicted octanol–water partition coefficient (Wildman–Crippen LogP) is 3.18. The second kappa shape index (κ2) is 5.55. The van der Waals surface area contributed by atoms with Gasteiger partial charge in [-0.05, 0) is 30.7 Å². The SMILES string of the molecule is C[C@H]1CN(Cc2cccc(O)c2)Cc2ccccc2O1. The van der Waals surface area contributed by atoms with Crippen LogP contribution in [-0.2, 0) is 13.1 Å². The van der Waals surface area contributed by atoms with Crippen molar-refractivity contribution in [1.82, 2.24) is 4.90 Å². The molecule has 1 aliphatic rings. The average Bonchev–Trinajstić information content (AvgIpc) is 2.56. The maximum atomic E-state index is 9.56. The first-order valence-electron chi connectivity index (χ1n) is 6.95. The number of ether oxygens (including phenoxy) is 1. The largest absolute Gasteiger partial charge is 0.508 e. The van der Waals surface area contributed by atoms with Crippen molar-refractivity contribution in [3.05, 3.63) is 59.7 Å². The van der Waals surface area contributed by atoms with Gasteiger partial charge in [-0.15, -0.1) is 0 Å². The van der Waals surface area contributed by atoms with Crippen LogP contribution >= 0.6 is 0 Å². The van der Waals surface area contributed by atoms with Crippen molar-refractivity contribution >= 4 is 0 Å². The van der Waals surface area contributed by atoms with E-state index in [-0.39, 0.29) is 6.10 Å². The normalized spacial score (nSPS) is 18.9. The topological polar surface area (TPSA) is 32.7 Å². The summed E-state index contributed by atoms with van der Waals surface area (Å²) in [5, 5.41) is 9.56. The third kappa shape index (κ3) is 2.94. The molecule has 1 aliphatic heterocycles. The van der Waals surface area contributed by atoms with Gasteiger partial charge in [0.15, 0.2) is 0 Å². The third-order valence-electron chi connectivity index (χ3n) is 3.53. The van der Waals surface area contributed by atoms with Crippen LogP contribution in [0.5, 0.6) is 11.5 Å². The second-order valence-corrected chi connectivity index (χ2v) is 5.38. The quantitative estimate of drug-likeness (QED) is 0.909. The van der Waals surface area contributed by atoms with E-state index in [0.717, 1.165) is 30.9 Å². The van der Waals surface area contributed by atoms with Crippen LogP contribution < -0.4 is 4.74 Å². The van der Waals surface area contributed by atoms with Gasteiger partial charge in [-0.25, -0.2) is 0 Å². The van der Waals surface area contributed by atoms with Gasteiger partial charge >= 0.3 is 0 Å². The molecule has 104 valence electrons. The van der Waals surface area contributed by atoms with Crippen LogP contribution in [0.1, 0.15) is 18.1 Å². The van der Waals surface area contributed by atoms with E-state index in [9.17, 15) is 5.11 Å². The van der Waals surface area contributed by atoms with Gasteiger partial charge in [0.1, 0.15) is 17.6 Å². The molecule has 0 radical (unpaired) electrons. The van der Waals surface area contributed by atoms with Crippen molar-refractivity contribution in [3.8, 4) is 11.5 Å². The zero-order valence-corrected chi connectivity index (χ0v) is 11.6. The zero-order valence-electron chi connectivity index (χ0n) is 11.6. The molecule has 0 spiro atoms. The van der Waals surface area contributed by atoms with Crippen molar-refractivity contribution in [2.75, 3.05) is 6.54 Å². The number of aromatic hydroxyl groups is 1. The number of benzene rings is 2. The minimum Gasteiger partial charge on any atom is -0.508 e. The van der Waals surface area contributed by atoms with Crippen molar-refractivity contribution in [2.24, 2.45) is 0 Å². The van der Waals surface area contributed by atoms with Crippen LogP contribution in [-0.4, -0.2) is 22.7 Å². The summed E-state index contributed by atoms with van der Waals surface area (Å²) in [6.45, 7) is 4.66. The minimum absolute atomic E-state index is 0.163. The predicted molar refractivity (Wildman–Crippen MR) is 78.8 cm³/mol. The van der Waals surface area contributed by atoms with Gasteiger partial charge in [0.2, 0.25) is 0 Å². The molecule has 1 atom stereocenters. The molecule has 20 heavy (non-hydrogen) atoms. The van der Waals surface area contributed by atoms with E-state index in [0.29, 0.717) is 5.75 Å². The van der Waals surface area contributed by atoms with Crippen LogP contribution in [0.15, 0.2) is 48.5 Å². The summed E-state index contributed by atoms with van der Waals surface area (Å²) in [5.74, 6) is 1.31. The molecule has 1 heterocycles. The highest BCUT2D eigenvalue weighted by Gasteiger charge is 2.19. The number of para-hydroxylation sites is 1. The Balaban J connectivity index is 1.80. The fraction of sp³-hybridized carbons (Fsp3) is 0.294. The lowest BCUT2D eigenvalue weighted by Crippen LogP contribution is -2.30. The summed E-state index contributed by atoms with van der Waals surface area (Å²) in [5.41, 5.74) is 2.34. The standard InChI is InChI=1S/C17H19NO2/c1-13-10-18(11-14-5-4-7-16(19)9-14)12-15-6-2-3-8-17(15)20-13/h2-9,13,19H,10-12H2,1H3/t13-/m0/s1. The summed E-state index contributed by atoms with van der Waals surface area (Å²) >= 11 is 0. The van der Waals surface area contributed by atoms with Crippen molar-refractivity contribution < 1.29 is 9.84 Å². The highest BCUT2D eigenvalue weighted by atomic mass is 16.5. The maximum absolute atomic E-state index is 9.56. The molecular formula is C17H19NO2. The molecule has 0 fully saturated rings. The number of nitrogens with zero attached hydrogens (tertiary/aromatic N) is 1. The smallest absolute Gasteiger partial charge is 0.124 e. The van der Waals surface area contributed by atoms with Crippen LogP contribution in [0.25, 0.3) is 0 Å². The molecule has 0 aromatic heterocycles. The van der Waals surface area contributed by atoms with Gasteiger partial charge in [-0.2, -0.15) is 0 Å². The summed E-state index contributed by atoms with van der Waals surface area (Å²) < 4.78 is 5.96. The highest BCUT2D eigenvalue weighted by molar-refractivity contribution is 5.34. The van der Waals surface area contributed by atoms with Crippen LogP contribution in [0.4, 0.5) is 0 Å². The molecule has 0 unspecified atom stereocenters. The van der Waals surface area contributed by atoms with E-state index in [1.165, 1.54) is 5.56 Å². The molecule has 3 nitrogen and oxygen atoms in total. The van der Waals surface area contributed by atoms with E-state index < -0.39 is 0 Å². The van der Waals surface area contributed by atoms with E-state index >= 15 is 0 Å². The van der Waals surface area contributed by atoms with Gasteiger partial charge in [-0.3, -0.25) is 4.90 Å². The molecule has 0 saturated heterocycles. The number of hydrogen-bond donors (Lipinski definition) is 1. The summed E-state index contributed by atoms with van der Waals surface area (Å²) in [6, 6.07) is 15.7. The van der Waals surface area contributed by atoms with E-state index in [4.69, 9.17) is 4.74 Å². The van der Waals surface area contributed by atoms with Crippen molar-refractivity contribution in [2.45, 2.75) is 26.1 Å². The molecule has 1 N–H and O–H groups in total.